The predicted octanol–water partition coefficient (Wildman–Crippen LogP) is 6.04. The van der Waals surface area contributed by atoms with E-state index in [-0.39, 0.29) is 23.7 Å². The molecule has 0 unspecified atom stereocenters. The number of benzene rings is 2. The molecule has 2 amide bonds. The molecule has 0 fully saturated rings. The molecule has 0 radical (unpaired) electrons. The largest absolute Gasteiger partial charge is 0.493 e. The summed E-state index contributed by atoms with van der Waals surface area (Å²) < 4.78 is 16.3. The smallest absolute Gasteiger partial charge is 0.328 e. The molecule has 0 spiro atoms. The van der Waals surface area contributed by atoms with Crippen LogP contribution in [0.4, 0.5) is 5.69 Å². The lowest BCUT2D eigenvalue weighted by atomic mass is 9.94. The van der Waals surface area contributed by atoms with Crippen LogP contribution < -0.4 is 19.7 Å². The third-order valence-corrected chi connectivity index (χ3v) is 8.36. The Morgan fingerprint density at radius 1 is 1.07 bits per heavy atom. The Morgan fingerprint density at radius 3 is 2.37 bits per heavy atom. The van der Waals surface area contributed by atoms with Gasteiger partial charge in [-0.05, 0) is 47.6 Å². The van der Waals surface area contributed by atoms with Crippen molar-refractivity contribution in [1.29, 1.82) is 0 Å². The van der Waals surface area contributed by atoms with Gasteiger partial charge < -0.3 is 24.4 Å². The van der Waals surface area contributed by atoms with Crippen LogP contribution in [0.1, 0.15) is 63.8 Å². The van der Waals surface area contributed by atoms with E-state index in [1.807, 2.05) is 44.2 Å². The zero-order chi connectivity index (χ0) is 30.5. The van der Waals surface area contributed by atoms with E-state index in [1.165, 1.54) is 18.9 Å². The van der Waals surface area contributed by atoms with Gasteiger partial charge in [0.1, 0.15) is 6.04 Å². The van der Waals surface area contributed by atoms with E-state index >= 15 is 0 Å². The maximum atomic E-state index is 14.3. The number of carbonyl (C=O) groups is 3. The van der Waals surface area contributed by atoms with Gasteiger partial charge in [0.2, 0.25) is 11.8 Å². The summed E-state index contributed by atoms with van der Waals surface area (Å²) in [6.07, 6.45) is 0.300. The first-order valence-electron chi connectivity index (χ1n) is 13.6. The molecule has 1 aliphatic heterocycles. The molecular weight excluding hydrogens is 564 g/mol. The Balaban J connectivity index is 2.12. The lowest BCUT2D eigenvalue weighted by molar-refractivity contribution is -0.145. The van der Waals surface area contributed by atoms with Gasteiger partial charge in [0, 0.05) is 29.2 Å². The molecule has 10 heteroatoms. The van der Waals surface area contributed by atoms with Gasteiger partial charge in [-0.1, -0.05) is 58.4 Å². The molecule has 224 valence electrons. The van der Waals surface area contributed by atoms with E-state index in [9.17, 15) is 14.4 Å². The number of fused-ring (bicyclic) bond motifs is 1. The minimum Gasteiger partial charge on any atom is -0.493 e. The third kappa shape index (κ3) is 8.10. The number of methoxy groups -OCH3 is 3. The van der Waals surface area contributed by atoms with Crippen LogP contribution in [0, 0.1) is 11.3 Å². The van der Waals surface area contributed by atoms with Crippen molar-refractivity contribution >= 4 is 46.8 Å². The van der Waals surface area contributed by atoms with Crippen LogP contribution in [0.5, 0.6) is 11.5 Å². The Bertz CT molecular complexity index is 1260. The number of para-hydroxylation sites is 1. The second-order valence-electron chi connectivity index (χ2n) is 11.8. The molecule has 1 aliphatic rings. The molecule has 2 aromatic rings. The predicted molar refractivity (Wildman–Crippen MR) is 164 cm³/mol. The summed E-state index contributed by atoms with van der Waals surface area (Å²) in [4.78, 5) is 41.8. The van der Waals surface area contributed by atoms with Crippen LogP contribution in [0.3, 0.4) is 0 Å². The number of carbonyl (C=O) groups excluding carboxylic acids is 3. The van der Waals surface area contributed by atoms with E-state index in [2.05, 4.69) is 26.1 Å². The maximum Gasteiger partial charge on any atom is 0.328 e. The minimum atomic E-state index is -0.797. The number of ether oxygens (including phenoxy) is 3. The van der Waals surface area contributed by atoms with Gasteiger partial charge in [-0.2, -0.15) is 0 Å². The van der Waals surface area contributed by atoms with Crippen molar-refractivity contribution in [2.45, 2.75) is 64.0 Å². The number of nitrogens with zero attached hydrogens (tertiary/aromatic N) is 1. The quantitative estimate of drug-likeness (QED) is 0.331. The topological polar surface area (TPSA) is 94.2 Å². The average molecular weight is 605 g/mol. The summed E-state index contributed by atoms with van der Waals surface area (Å²) in [5.41, 5.74) is 2.13. The molecule has 41 heavy (non-hydrogen) atoms. The second-order valence-corrected chi connectivity index (χ2v) is 13.5. The molecule has 0 bridgehead atoms. The van der Waals surface area contributed by atoms with E-state index in [1.54, 1.807) is 25.2 Å². The third-order valence-electron chi connectivity index (χ3n) is 6.65. The first kappa shape index (κ1) is 32.6. The summed E-state index contributed by atoms with van der Waals surface area (Å²) in [7, 11) is 4.44. The highest BCUT2D eigenvalue weighted by Gasteiger charge is 2.40. The molecule has 0 saturated carbocycles. The number of anilines is 1. The summed E-state index contributed by atoms with van der Waals surface area (Å²) in [6.45, 7) is 10.5. The number of hydrogen-bond acceptors (Lipinski definition) is 7. The van der Waals surface area contributed by atoms with Gasteiger partial charge in [0.15, 0.2) is 11.5 Å². The van der Waals surface area contributed by atoms with Crippen LogP contribution in [0.25, 0.3) is 0 Å². The number of hydrogen-bond donors (Lipinski definition) is 1. The van der Waals surface area contributed by atoms with Crippen LogP contribution in [-0.4, -0.2) is 56.9 Å². The molecule has 0 aliphatic carbocycles. The van der Waals surface area contributed by atoms with E-state index in [0.29, 0.717) is 29.5 Å². The number of rotatable bonds is 10. The summed E-state index contributed by atoms with van der Waals surface area (Å²) in [5.74, 6) is 0.151. The number of esters is 1. The lowest BCUT2D eigenvalue weighted by Crippen LogP contribution is -2.46. The molecule has 1 heterocycles. The highest BCUT2D eigenvalue weighted by molar-refractivity contribution is 8.01. The van der Waals surface area contributed by atoms with E-state index in [0.717, 1.165) is 16.8 Å². The van der Waals surface area contributed by atoms with Gasteiger partial charge in [-0.3, -0.25) is 9.59 Å². The van der Waals surface area contributed by atoms with Crippen molar-refractivity contribution in [3.05, 3.63) is 52.5 Å². The summed E-state index contributed by atoms with van der Waals surface area (Å²) >= 11 is 7.88. The van der Waals surface area contributed by atoms with Crippen LogP contribution in [0.15, 0.2) is 36.4 Å². The molecule has 8 nitrogen and oxygen atoms in total. The molecule has 2 aromatic carbocycles. The Kier molecular flexibility index (Phi) is 11.0. The monoisotopic (exact) mass is 604 g/mol. The van der Waals surface area contributed by atoms with Crippen molar-refractivity contribution in [3.63, 3.8) is 0 Å². The maximum absolute atomic E-state index is 14.3. The second kappa shape index (κ2) is 13.8. The fourth-order valence-electron chi connectivity index (χ4n) is 4.95. The van der Waals surface area contributed by atoms with Crippen molar-refractivity contribution in [2.75, 3.05) is 32.8 Å². The minimum absolute atomic E-state index is 0.125. The Hall–Kier alpha value is -2.91. The first-order chi connectivity index (χ1) is 19.3. The molecule has 0 aromatic heterocycles. The van der Waals surface area contributed by atoms with Crippen molar-refractivity contribution in [3.8, 4) is 11.5 Å². The van der Waals surface area contributed by atoms with E-state index in [4.69, 9.17) is 25.8 Å². The van der Waals surface area contributed by atoms with Gasteiger partial charge in [0.25, 0.3) is 0 Å². The SMILES string of the molecule is COC(=O)[C@H](CC(C)C)NC(=O)C[C@H]1S[C@H](c2cccc(OC)c2OC)c2cc(Cl)ccc2N(CC(C)(C)C)C1=O. The van der Waals surface area contributed by atoms with Crippen molar-refractivity contribution < 1.29 is 28.6 Å². The fourth-order valence-corrected chi connectivity index (χ4v) is 6.62. The van der Waals surface area contributed by atoms with Gasteiger partial charge >= 0.3 is 5.97 Å². The van der Waals surface area contributed by atoms with Gasteiger partial charge in [-0.25, -0.2) is 4.79 Å². The molecule has 0 saturated heterocycles. The zero-order valence-electron chi connectivity index (χ0n) is 25.1. The van der Waals surface area contributed by atoms with Gasteiger partial charge in [-0.15, -0.1) is 11.8 Å². The normalized spacial score (nSPS) is 17.9. The lowest BCUT2D eigenvalue weighted by Gasteiger charge is -2.32. The number of nitrogens with one attached hydrogen (secondary N) is 1. The highest BCUT2D eigenvalue weighted by atomic mass is 35.5. The summed E-state index contributed by atoms with van der Waals surface area (Å²) in [6, 6.07) is 10.3. The number of thioether (sulfide) groups is 1. The van der Waals surface area contributed by atoms with Crippen LogP contribution in [0.2, 0.25) is 5.02 Å². The van der Waals surface area contributed by atoms with Crippen molar-refractivity contribution in [1.82, 2.24) is 5.32 Å². The van der Waals surface area contributed by atoms with Crippen LogP contribution in [-0.2, 0) is 19.1 Å². The van der Waals surface area contributed by atoms with E-state index < -0.39 is 28.4 Å². The Labute approximate surface area is 252 Å². The Morgan fingerprint density at radius 2 is 1.78 bits per heavy atom. The van der Waals surface area contributed by atoms with Crippen molar-refractivity contribution in [2.24, 2.45) is 11.3 Å². The summed E-state index contributed by atoms with van der Waals surface area (Å²) in [5, 5.41) is 2.17. The van der Waals surface area contributed by atoms with Crippen LogP contribution >= 0.6 is 23.4 Å². The highest BCUT2D eigenvalue weighted by Crippen LogP contribution is 2.51. The molecular formula is C31H41ClN2O6S. The zero-order valence-corrected chi connectivity index (χ0v) is 26.7. The first-order valence-corrected chi connectivity index (χ1v) is 15.0. The number of halogens is 1. The molecule has 3 rings (SSSR count). The standard InChI is InChI=1S/C31H41ClN2O6S/c1-18(2)14-22(30(37)40-8)33-26(35)16-25-29(36)34(17-31(3,4)5)23-13-12-19(32)15-21(23)28(41-25)20-10-9-11-24(38-6)27(20)39-7/h9-13,15,18,22,25,28H,14,16-17H2,1-8H3,(H,33,35)/t22-,25+,28+/m0/s1. The fraction of sp³-hybridized carbons (Fsp3) is 0.516. The molecule has 1 N–H and O–H groups in total. The van der Waals surface area contributed by atoms with Gasteiger partial charge in [0.05, 0.1) is 31.8 Å². The number of amides is 2. The average Bonchev–Trinajstić information content (AvgIpc) is 3.00. The molecule has 3 atom stereocenters.